The molecule has 1 amide bonds. The van der Waals surface area contributed by atoms with Crippen LogP contribution in [0.15, 0.2) is 12.1 Å². The van der Waals surface area contributed by atoms with Gasteiger partial charge in [-0.05, 0) is 44.2 Å². The zero-order valence-electron chi connectivity index (χ0n) is 11.8. The van der Waals surface area contributed by atoms with E-state index in [4.69, 9.17) is 0 Å². The molecule has 6 nitrogen and oxygen atoms in total. The standard InChI is InChI=1S/C14H19N3O3S/c18-14(12-3-4-13(21-12)17(19)20)16-8-5-10(6-9-16)11-2-1-7-15-11/h3-4,10-11,15H,1-2,5-9H2. The molecule has 2 saturated heterocycles. The lowest BCUT2D eigenvalue weighted by atomic mass is 9.88. The summed E-state index contributed by atoms with van der Waals surface area (Å²) >= 11 is 0.966. The molecule has 1 N–H and O–H groups in total. The normalized spacial score (nSPS) is 23.4. The van der Waals surface area contributed by atoms with Crippen molar-refractivity contribution >= 4 is 22.2 Å². The number of amides is 1. The topological polar surface area (TPSA) is 75.5 Å². The third-order valence-electron chi connectivity index (χ3n) is 4.48. The van der Waals surface area contributed by atoms with Crippen LogP contribution in [0.2, 0.25) is 0 Å². The molecule has 1 aromatic heterocycles. The average Bonchev–Trinajstić information content (AvgIpc) is 3.18. The summed E-state index contributed by atoms with van der Waals surface area (Å²) in [4.78, 5) is 24.9. The van der Waals surface area contributed by atoms with Gasteiger partial charge in [-0.2, -0.15) is 0 Å². The minimum atomic E-state index is -0.445. The summed E-state index contributed by atoms with van der Waals surface area (Å²) in [6.45, 7) is 2.63. The van der Waals surface area contributed by atoms with E-state index in [0.29, 0.717) is 16.8 Å². The lowest BCUT2D eigenvalue weighted by Crippen LogP contribution is -2.43. The first-order chi connectivity index (χ1) is 10.1. The molecule has 1 atom stereocenters. The Hall–Kier alpha value is -1.47. The van der Waals surface area contributed by atoms with Gasteiger partial charge in [0.2, 0.25) is 0 Å². The number of piperidine rings is 1. The van der Waals surface area contributed by atoms with Gasteiger partial charge in [-0.3, -0.25) is 14.9 Å². The minimum absolute atomic E-state index is 0.0309. The number of hydrogen-bond donors (Lipinski definition) is 1. The predicted molar refractivity (Wildman–Crippen MR) is 80.6 cm³/mol. The van der Waals surface area contributed by atoms with E-state index in [1.54, 1.807) is 6.07 Å². The fourth-order valence-corrected chi connectivity index (χ4v) is 4.10. The molecular weight excluding hydrogens is 290 g/mol. The smallest absolute Gasteiger partial charge is 0.324 e. The van der Waals surface area contributed by atoms with E-state index in [0.717, 1.165) is 43.8 Å². The van der Waals surface area contributed by atoms with Crippen LogP contribution in [0.3, 0.4) is 0 Å². The number of hydrogen-bond acceptors (Lipinski definition) is 5. The number of likely N-dealkylation sites (tertiary alicyclic amines) is 1. The van der Waals surface area contributed by atoms with Gasteiger partial charge in [0, 0.05) is 25.2 Å². The van der Waals surface area contributed by atoms with Crippen LogP contribution in [-0.2, 0) is 0 Å². The molecule has 0 aromatic carbocycles. The molecule has 2 aliphatic rings. The van der Waals surface area contributed by atoms with E-state index < -0.39 is 4.92 Å². The van der Waals surface area contributed by atoms with Gasteiger partial charge in [0.1, 0.15) is 0 Å². The van der Waals surface area contributed by atoms with Crippen molar-refractivity contribution in [2.45, 2.75) is 31.7 Å². The van der Waals surface area contributed by atoms with Gasteiger partial charge in [-0.1, -0.05) is 11.3 Å². The van der Waals surface area contributed by atoms with E-state index >= 15 is 0 Å². The Morgan fingerprint density at radius 2 is 2.10 bits per heavy atom. The molecule has 0 radical (unpaired) electrons. The molecule has 3 rings (SSSR count). The molecule has 0 saturated carbocycles. The molecule has 114 valence electrons. The quantitative estimate of drug-likeness (QED) is 0.686. The number of carbonyl (C=O) groups is 1. The molecule has 2 fully saturated rings. The molecule has 21 heavy (non-hydrogen) atoms. The maximum Gasteiger partial charge on any atom is 0.324 e. The van der Waals surface area contributed by atoms with Crippen molar-refractivity contribution < 1.29 is 9.72 Å². The Bertz CT molecular complexity index is 531. The molecule has 0 bridgehead atoms. The van der Waals surface area contributed by atoms with Gasteiger partial charge in [0.05, 0.1) is 9.80 Å². The molecular formula is C14H19N3O3S. The lowest BCUT2D eigenvalue weighted by Gasteiger charge is -2.34. The summed E-state index contributed by atoms with van der Waals surface area (Å²) < 4.78 is 0. The van der Waals surface area contributed by atoms with Crippen LogP contribution in [0.25, 0.3) is 0 Å². The highest BCUT2D eigenvalue weighted by atomic mass is 32.1. The van der Waals surface area contributed by atoms with Crippen molar-refractivity contribution in [3.8, 4) is 0 Å². The average molecular weight is 309 g/mol. The van der Waals surface area contributed by atoms with Gasteiger partial charge >= 0.3 is 5.00 Å². The molecule has 0 aliphatic carbocycles. The van der Waals surface area contributed by atoms with Gasteiger partial charge in [0.15, 0.2) is 0 Å². The van der Waals surface area contributed by atoms with E-state index in [9.17, 15) is 14.9 Å². The first-order valence-electron chi connectivity index (χ1n) is 7.42. The van der Waals surface area contributed by atoms with Crippen molar-refractivity contribution in [2.75, 3.05) is 19.6 Å². The first-order valence-corrected chi connectivity index (χ1v) is 8.23. The third kappa shape index (κ3) is 3.08. The van der Waals surface area contributed by atoms with Crippen LogP contribution >= 0.6 is 11.3 Å². The number of thiophene rings is 1. The predicted octanol–water partition coefficient (Wildman–Crippen LogP) is 2.26. The number of rotatable bonds is 3. The van der Waals surface area contributed by atoms with Crippen LogP contribution < -0.4 is 5.32 Å². The van der Waals surface area contributed by atoms with Crippen LogP contribution in [0.4, 0.5) is 5.00 Å². The Morgan fingerprint density at radius 1 is 1.33 bits per heavy atom. The highest BCUT2D eigenvalue weighted by Gasteiger charge is 2.30. The van der Waals surface area contributed by atoms with Crippen molar-refractivity contribution in [3.63, 3.8) is 0 Å². The Kier molecular flexibility index (Phi) is 4.21. The largest absolute Gasteiger partial charge is 0.338 e. The van der Waals surface area contributed by atoms with Crippen molar-refractivity contribution in [1.82, 2.24) is 10.2 Å². The summed E-state index contributed by atoms with van der Waals surface area (Å²) in [5.74, 6) is 0.597. The van der Waals surface area contributed by atoms with Crippen LogP contribution in [0, 0.1) is 16.0 Å². The fraction of sp³-hybridized carbons (Fsp3) is 0.643. The van der Waals surface area contributed by atoms with Crippen LogP contribution in [0.5, 0.6) is 0 Å². The maximum atomic E-state index is 12.4. The van der Waals surface area contributed by atoms with Gasteiger partial charge < -0.3 is 10.2 Å². The fourth-order valence-electron chi connectivity index (χ4n) is 3.32. The number of nitrogens with one attached hydrogen (secondary N) is 1. The Balaban J connectivity index is 1.58. The van der Waals surface area contributed by atoms with Gasteiger partial charge in [-0.25, -0.2) is 0 Å². The van der Waals surface area contributed by atoms with Crippen molar-refractivity contribution in [3.05, 3.63) is 27.1 Å². The van der Waals surface area contributed by atoms with E-state index in [2.05, 4.69) is 5.32 Å². The second-order valence-electron chi connectivity index (χ2n) is 5.73. The highest BCUT2D eigenvalue weighted by Crippen LogP contribution is 2.29. The van der Waals surface area contributed by atoms with Gasteiger partial charge in [-0.15, -0.1) is 0 Å². The SMILES string of the molecule is O=C(c1ccc([N+](=O)[O-])s1)N1CCC(C2CCCN2)CC1. The second kappa shape index (κ2) is 6.11. The summed E-state index contributed by atoms with van der Waals surface area (Å²) in [6.07, 6.45) is 4.55. The Labute approximate surface area is 127 Å². The van der Waals surface area contributed by atoms with Crippen LogP contribution in [0.1, 0.15) is 35.4 Å². The summed E-state index contributed by atoms with van der Waals surface area (Å²) in [5, 5.41) is 14.3. The van der Waals surface area contributed by atoms with Crippen molar-refractivity contribution in [1.29, 1.82) is 0 Å². The summed E-state index contributed by atoms with van der Waals surface area (Å²) in [7, 11) is 0. The molecule has 1 aromatic rings. The maximum absolute atomic E-state index is 12.4. The molecule has 7 heteroatoms. The van der Waals surface area contributed by atoms with Gasteiger partial charge in [0.25, 0.3) is 5.91 Å². The first kappa shape index (κ1) is 14.5. The third-order valence-corrected chi connectivity index (χ3v) is 5.50. The molecule has 0 spiro atoms. The number of nitrogens with zero attached hydrogens (tertiary/aromatic N) is 2. The lowest BCUT2D eigenvalue weighted by molar-refractivity contribution is -0.380. The number of carbonyl (C=O) groups excluding carboxylic acids is 1. The van der Waals surface area contributed by atoms with Crippen molar-refractivity contribution in [2.24, 2.45) is 5.92 Å². The minimum Gasteiger partial charge on any atom is -0.338 e. The molecule has 2 aliphatic heterocycles. The second-order valence-corrected chi connectivity index (χ2v) is 6.79. The zero-order chi connectivity index (χ0) is 14.8. The van der Waals surface area contributed by atoms with E-state index in [1.165, 1.54) is 18.9 Å². The molecule has 3 heterocycles. The van der Waals surface area contributed by atoms with Crippen LogP contribution in [-0.4, -0.2) is 41.4 Å². The highest BCUT2D eigenvalue weighted by molar-refractivity contribution is 7.17. The number of nitro groups is 1. The zero-order valence-corrected chi connectivity index (χ0v) is 12.6. The monoisotopic (exact) mass is 309 g/mol. The summed E-state index contributed by atoms with van der Waals surface area (Å²) in [6, 6.07) is 3.59. The summed E-state index contributed by atoms with van der Waals surface area (Å²) in [5.41, 5.74) is 0. The molecule has 1 unspecified atom stereocenters. The van der Waals surface area contributed by atoms with E-state index in [1.807, 2.05) is 4.90 Å². The van der Waals surface area contributed by atoms with E-state index in [-0.39, 0.29) is 10.9 Å². The Morgan fingerprint density at radius 3 is 2.67 bits per heavy atom.